The van der Waals surface area contributed by atoms with Crippen molar-refractivity contribution in [2.24, 2.45) is 5.92 Å². The summed E-state index contributed by atoms with van der Waals surface area (Å²) in [6.45, 7) is 2.28. The van der Waals surface area contributed by atoms with Crippen LogP contribution in [0.25, 0.3) is 111 Å². The number of rotatable bonds is 6. The summed E-state index contributed by atoms with van der Waals surface area (Å²) < 4.78 is 6.70. The lowest BCUT2D eigenvalue weighted by Gasteiger charge is -2.21. The van der Waals surface area contributed by atoms with Crippen molar-refractivity contribution in [3.05, 3.63) is 212 Å². The van der Waals surface area contributed by atoms with E-state index in [1.165, 1.54) is 38.2 Å². The molecule has 0 saturated carbocycles. The molecule has 0 bridgehead atoms. The summed E-state index contributed by atoms with van der Waals surface area (Å²) in [7, 11) is 0. The van der Waals surface area contributed by atoms with Gasteiger partial charge in [-0.25, -0.2) is 15.0 Å². The Labute approximate surface area is 359 Å². The quantitative estimate of drug-likeness (QED) is 0.168. The van der Waals surface area contributed by atoms with E-state index in [9.17, 15) is 0 Å². The van der Waals surface area contributed by atoms with Gasteiger partial charge in [0.05, 0.1) is 0 Å². The molecule has 4 heteroatoms. The Bertz CT molecular complexity index is 3620. The fraction of sp³-hybridized carbons (Fsp3) is 0.0517. The predicted octanol–water partition coefficient (Wildman–Crippen LogP) is 15.4. The lowest BCUT2D eigenvalue weighted by Crippen LogP contribution is -2.07. The maximum Gasteiger partial charge on any atom is 0.164 e. The predicted molar refractivity (Wildman–Crippen MR) is 257 cm³/mol. The summed E-state index contributed by atoms with van der Waals surface area (Å²) in [5.41, 5.74) is 10.3. The molecule has 11 aromatic rings. The molecule has 1 aliphatic rings. The van der Waals surface area contributed by atoms with Gasteiger partial charge in [-0.05, 0) is 96.4 Å². The van der Waals surface area contributed by atoms with Crippen LogP contribution in [0.1, 0.15) is 18.4 Å². The Kier molecular flexibility index (Phi) is 8.49. The number of furan rings is 1. The van der Waals surface area contributed by atoms with E-state index >= 15 is 0 Å². The molecule has 0 amide bonds. The Morgan fingerprint density at radius 2 is 1.02 bits per heavy atom. The van der Waals surface area contributed by atoms with Gasteiger partial charge in [0.2, 0.25) is 0 Å². The molecular formula is C58H39N3O. The fourth-order valence-corrected chi connectivity index (χ4v) is 9.43. The lowest BCUT2D eigenvalue weighted by molar-refractivity contribution is 0.636. The third kappa shape index (κ3) is 6.19. The van der Waals surface area contributed by atoms with Crippen LogP contribution in [0.3, 0.4) is 0 Å². The molecule has 0 fully saturated rings. The monoisotopic (exact) mass is 793 g/mol. The van der Waals surface area contributed by atoms with Crippen molar-refractivity contribution in [2.45, 2.75) is 12.8 Å². The highest BCUT2D eigenvalue weighted by molar-refractivity contribution is 6.13. The van der Waals surface area contributed by atoms with Gasteiger partial charge >= 0.3 is 0 Å². The van der Waals surface area contributed by atoms with Gasteiger partial charge in [-0.3, -0.25) is 0 Å². The van der Waals surface area contributed by atoms with E-state index in [-0.39, 0.29) is 0 Å². The van der Waals surface area contributed by atoms with Gasteiger partial charge in [-0.1, -0.05) is 183 Å². The van der Waals surface area contributed by atoms with E-state index in [2.05, 4.69) is 201 Å². The summed E-state index contributed by atoms with van der Waals surface area (Å²) in [6, 6.07) is 64.6. The normalized spacial score (nSPS) is 15.0. The number of allylic oxidation sites excluding steroid dienone is 4. The molecule has 62 heavy (non-hydrogen) atoms. The van der Waals surface area contributed by atoms with Crippen LogP contribution in [0, 0.1) is 5.92 Å². The second-order valence-electron chi connectivity index (χ2n) is 16.4. The molecule has 0 saturated heterocycles. The van der Waals surface area contributed by atoms with Crippen molar-refractivity contribution in [2.75, 3.05) is 0 Å². The van der Waals surface area contributed by atoms with E-state index in [4.69, 9.17) is 19.4 Å². The zero-order valence-corrected chi connectivity index (χ0v) is 34.0. The molecule has 292 valence electrons. The minimum absolute atomic E-state index is 0.331. The molecule has 0 spiro atoms. The second-order valence-corrected chi connectivity index (χ2v) is 16.4. The molecule has 2 heterocycles. The minimum Gasteiger partial charge on any atom is -0.456 e. The smallest absolute Gasteiger partial charge is 0.164 e. The average Bonchev–Trinajstić information content (AvgIpc) is 3.72. The number of fused-ring (bicyclic) bond motifs is 6. The average molecular weight is 794 g/mol. The highest BCUT2D eigenvalue weighted by Crippen LogP contribution is 2.41. The largest absolute Gasteiger partial charge is 0.456 e. The van der Waals surface area contributed by atoms with E-state index in [1.54, 1.807) is 0 Å². The number of hydrogen-bond acceptors (Lipinski definition) is 4. The van der Waals surface area contributed by atoms with E-state index in [1.807, 2.05) is 12.1 Å². The maximum absolute atomic E-state index is 6.70. The van der Waals surface area contributed by atoms with Crippen LogP contribution in [0.15, 0.2) is 211 Å². The Hall–Kier alpha value is -7.95. The van der Waals surface area contributed by atoms with Gasteiger partial charge < -0.3 is 4.42 Å². The van der Waals surface area contributed by atoms with Crippen LogP contribution in [0.4, 0.5) is 0 Å². The molecule has 4 nitrogen and oxygen atoms in total. The standard InChI is InChI=1S/C58H39N3O/c1-36-12-5-8-17-46(36)41-25-22-38-24-27-44(34-45(38)33-41)57-59-56(43-26-23-37-13-6-7-16-40(37)32-43)60-58(61-57)52-20-11-21-53-55(52)51-29-28-42(35-54(51)62-53)48-31-30-47(39-14-3-2-4-15-39)49-18-9-10-19-50(48)49/h2-36,46H,1H3. The van der Waals surface area contributed by atoms with Crippen LogP contribution < -0.4 is 0 Å². The van der Waals surface area contributed by atoms with Gasteiger partial charge in [0, 0.05) is 33.4 Å². The molecule has 9 aromatic carbocycles. The number of hydrogen-bond donors (Lipinski definition) is 0. The summed E-state index contributed by atoms with van der Waals surface area (Å²) in [6.07, 6.45) is 8.88. The van der Waals surface area contributed by atoms with Crippen molar-refractivity contribution in [3.63, 3.8) is 0 Å². The number of aromatic nitrogens is 3. The van der Waals surface area contributed by atoms with Gasteiger partial charge in [0.1, 0.15) is 11.2 Å². The lowest BCUT2D eigenvalue weighted by atomic mass is 9.83. The topological polar surface area (TPSA) is 51.8 Å². The summed E-state index contributed by atoms with van der Waals surface area (Å²) in [4.78, 5) is 15.7. The fourth-order valence-electron chi connectivity index (χ4n) is 9.43. The summed E-state index contributed by atoms with van der Waals surface area (Å²) in [5, 5.41) is 9.05. The number of nitrogens with zero attached hydrogens (tertiary/aromatic N) is 3. The highest BCUT2D eigenvalue weighted by Gasteiger charge is 2.21. The Morgan fingerprint density at radius 3 is 1.79 bits per heavy atom. The minimum atomic E-state index is 0.331. The zero-order chi connectivity index (χ0) is 41.1. The molecule has 2 unspecified atom stereocenters. The third-order valence-corrected chi connectivity index (χ3v) is 12.6. The summed E-state index contributed by atoms with van der Waals surface area (Å²) >= 11 is 0. The van der Waals surface area contributed by atoms with Crippen LogP contribution >= 0.6 is 0 Å². The Balaban J connectivity index is 1.01. The van der Waals surface area contributed by atoms with Crippen LogP contribution in [-0.4, -0.2) is 15.0 Å². The van der Waals surface area contributed by atoms with E-state index in [0.29, 0.717) is 29.3 Å². The van der Waals surface area contributed by atoms with Crippen LogP contribution in [0.2, 0.25) is 0 Å². The molecule has 2 atom stereocenters. The van der Waals surface area contributed by atoms with Crippen molar-refractivity contribution >= 4 is 54.3 Å². The Morgan fingerprint density at radius 1 is 0.387 bits per heavy atom. The van der Waals surface area contributed by atoms with Gasteiger partial charge in [-0.15, -0.1) is 0 Å². The van der Waals surface area contributed by atoms with E-state index in [0.717, 1.165) is 60.5 Å². The molecule has 0 radical (unpaired) electrons. The molecular weight excluding hydrogens is 755 g/mol. The van der Waals surface area contributed by atoms with Crippen LogP contribution in [-0.2, 0) is 0 Å². The van der Waals surface area contributed by atoms with Gasteiger partial charge in [0.25, 0.3) is 0 Å². The number of benzene rings is 9. The first-order valence-electron chi connectivity index (χ1n) is 21.3. The SMILES string of the molecule is CC1C=CC=CC1c1ccc2ccc(-c3nc(-c4ccc5ccccc5c4)nc(-c4cccc5oc6cc(-c7ccc(-c8ccccc8)c8ccccc78)ccc6c45)n3)cc2c1. The maximum atomic E-state index is 6.70. The zero-order valence-electron chi connectivity index (χ0n) is 34.0. The molecule has 12 rings (SSSR count). The molecule has 0 N–H and O–H groups in total. The highest BCUT2D eigenvalue weighted by atomic mass is 16.3. The first-order valence-corrected chi connectivity index (χ1v) is 21.3. The van der Waals surface area contributed by atoms with Crippen LogP contribution in [0.5, 0.6) is 0 Å². The van der Waals surface area contributed by atoms with E-state index < -0.39 is 0 Å². The van der Waals surface area contributed by atoms with Gasteiger partial charge in [0.15, 0.2) is 17.5 Å². The third-order valence-electron chi connectivity index (χ3n) is 12.6. The summed E-state index contributed by atoms with van der Waals surface area (Å²) in [5.74, 6) is 2.60. The molecule has 1 aliphatic carbocycles. The van der Waals surface area contributed by atoms with Crippen molar-refractivity contribution in [1.29, 1.82) is 0 Å². The molecule has 0 aliphatic heterocycles. The van der Waals surface area contributed by atoms with Gasteiger partial charge in [-0.2, -0.15) is 0 Å². The second kappa shape index (κ2) is 14.6. The van der Waals surface area contributed by atoms with Crippen molar-refractivity contribution in [1.82, 2.24) is 15.0 Å². The van der Waals surface area contributed by atoms with Crippen molar-refractivity contribution < 1.29 is 4.42 Å². The first kappa shape index (κ1) is 35.9. The molecule has 2 aromatic heterocycles. The van der Waals surface area contributed by atoms with Crippen molar-refractivity contribution in [3.8, 4) is 56.4 Å². The first-order chi connectivity index (χ1) is 30.6.